The highest BCUT2D eigenvalue weighted by Gasteiger charge is 2.16. The predicted octanol–water partition coefficient (Wildman–Crippen LogP) is 3.54. The molecule has 0 fully saturated rings. The van der Waals surface area contributed by atoms with E-state index >= 15 is 0 Å². The minimum Gasteiger partial charge on any atom is -0.462 e. The quantitative estimate of drug-likeness (QED) is 0.452. The van der Waals surface area contributed by atoms with E-state index in [1.54, 1.807) is 31.2 Å². The Labute approximate surface area is 173 Å². The zero-order chi connectivity index (χ0) is 20.6. The lowest BCUT2D eigenvalue weighted by Crippen LogP contribution is -2.18. The molecule has 29 heavy (non-hydrogen) atoms. The maximum absolute atomic E-state index is 12.5. The number of nitrogens with one attached hydrogen (secondary N) is 1. The first-order chi connectivity index (χ1) is 14.1. The third kappa shape index (κ3) is 5.45. The Morgan fingerprint density at radius 2 is 1.79 bits per heavy atom. The van der Waals surface area contributed by atoms with Crippen LogP contribution in [0.25, 0.3) is 0 Å². The van der Waals surface area contributed by atoms with Crippen molar-refractivity contribution in [2.45, 2.75) is 25.5 Å². The number of thioether (sulfide) groups is 1. The number of rotatable bonds is 8. The minimum absolute atomic E-state index is 0.143. The largest absolute Gasteiger partial charge is 0.462 e. The van der Waals surface area contributed by atoms with Crippen LogP contribution in [0.2, 0.25) is 0 Å². The third-order valence-corrected chi connectivity index (χ3v) is 5.08. The van der Waals surface area contributed by atoms with E-state index in [0.29, 0.717) is 23.0 Å². The number of hydrogen-bond acceptors (Lipinski definition) is 6. The van der Waals surface area contributed by atoms with Crippen LogP contribution in [0, 0.1) is 6.92 Å². The number of carbonyl (C=O) groups excluding carboxylic acids is 2. The smallest absolute Gasteiger partial charge is 0.340 e. The maximum atomic E-state index is 12.5. The van der Waals surface area contributed by atoms with Gasteiger partial charge in [-0.25, -0.2) is 4.79 Å². The molecule has 2 aromatic carbocycles. The number of benzene rings is 2. The van der Waals surface area contributed by atoms with Gasteiger partial charge in [0.05, 0.1) is 30.2 Å². The number of aromatic nitrogens is 3. The van der Waals surface area contributed by atoms with Gasteiger partial charge in [0.15, 0.2) is 5.16 Å². The first kappa shape index (κ1) is 20.6. The minimum atomic E-state index is -0.464. The van der Waals surface area contributed by atoms with Gasteiger partial charge in [0, 0.05) is 0 Å². The number of esters is 1. The summed E-state index contributed by atoms with van der Waals surface area (Å²) in [6.07, 6.45) is 0. The highest BCUT2D eigenvalue weighted by atomic mass is 32.2. The highest BCUT2D eigenvalue weighted by Crippen LogP contribution is 2.20. The summed E-state index contributed by atoms with van der Waals surface area (Å²) in [6, 6.07) is 16.8. The van der Waals surface area contributed by atoms with Crippen molar-refractivity contribution in [2.75, 3.05) is 17.7 Å². The van der Waals surface area contributed by atoms with Crippen LogP contribution < -0.4 is 5.32 Å². The lowest BCUT2D eigenvalue weighted by molar-refractivity contribution is -0.113. The summed E-state index contributed by atoms with van der Waals surface area (Å²) in [5.74, 6) is 0.224. The van der Waals surface area contributed by atoms with Gasteiger partial charge in [-0.05, 0) is 31.5 Å². The van der Waals surface area contributed by atoms with Crippen molar-refractivity contribution in [3.63, 3.8) is 0 Å². The molecule has 150 valence electrons. The van der Waals surface area contributed by atoms with Gasteiger partial charge in [-0.2, -0.15) is 0 Å². The van der Waals surface area contributed by atoms with Crippen molar-refractivity contribution in [3.8, 4) is 0 Å². The van der Waals surface area contributed by atoms with Crippen LogP contribution in [0.15, 0.2) is 59.8 Å². The fraction of sp³-hybridized carbons (Fsp3) is 0.238. The molecule has 0 bridgehead atoms. The average Bonchev–Trinajstić information content (AvgIpc) is 3.07. The number of nitrogens with zero attached hydrogens (tertiary/aromatic N) is 3. The van der Waals surface area contributed by atoms with Crippen LogP contribution in [-0.4, -0.2) is 39.0 Å². The molecule has 0 aliphatic carbocycles. The van der Waals surface area contributed by atoms with Crippen LogP contribution in [0.1, 0.15) is 28.7 Å². The van der Waals surface area contributed by atoms with E-state index < -0.39 is 5.97 Å². The second-order valence-corrected chi connectivity index (χ2v) is 7.15. The molecule has 8 heteroatoms. The van der Waals surface area contributed by atoms with Gasteiger partial charge in [0.25, 0.3) is 0 Å². The van der Waals surface area contributed by atoms with Gasteiger partial charge >= 0.3 is 5.97 Å². The van der Waals surface area contributed by atoms with E-state index in [1.807, 2.05) is 41.8 Å². The number of hydrogen-bond donors (Lipinski definition) is 1. The topological polar surface area (TPSA) is 86.1 Å². The van der Waals surface area contributed by atoms with E-state index in [9.17, 15) is 9.59 Å². The Morgan fingerprint density at radius 3 is 2.55 bits per heavy atom. The molecular weight excluding hydrogens is 388 g/mol. The summed E-state index contributed by atoms with van der Waals surface area (Å²) in [7, 11) is 0. The lowest BCUT2D eigenvalue weighted by Gasteiger charge is -2.11. The summed E-state index contributed by atoms with van der Waals surface area (Å²) in [5.41, 5.74) is 1.89. The average molecular weight is 410 g/mol. The monoisotopic (exact) mass is 410 g/mol. The molecule has 0 spiro atoms. The van der Waals surface area contributed by atoms with Crippen LogP contribution >= 0.6 is 11.8 Å². The van der Waals surface area contributed by atoms with E-state index in [-0.39, 0.29) is 18.3 Å². The van der Waals surface area contributed by atoms with Gasteiger partial charge in [-0.1, -0.05) is 54.2 Å². The first-order valence-electron chi connectivity index (χ1n) is 9.21. The molecule has 0 unspecified atom stereocenters. The molecule has 0 aliphatic rings. The number of ether oxygens (including phenoxy) is 1. The van der Waals surface area contributed by atoms with Crippen LogP contribution in [-0.2, 0) is 16.1 Å². The van der Waals surface area contributed by atoms with Crippen molar-refractivity contribution in [1.29, 1.82) is 0 Å². The summed E-state index contributed by atoms with van der Waals surface area (Å²) < 4.78 is 7.01. The molecule has 0 atom stereocenters. The summed E-state index contributed by atoms with van der Waals surface area (Å²) >= 11 is 1.30. The van der Waals surface area contributed by atoms with E-state index in [2.05, 4.69) is 15.5 Å². The van der Waals surface area contributed by atoms with Crippen molar-refractivity contribution in [1.82, 2.24) is 14.8 Å². The maximum Gasteiger partial charge on any atom is 0.340 e. The molecule has 0 saturated heterocycles. The molecule has 0 radical (unpaired) electrons. The molecule has 7 nitrogen and oxygen atoms in total. The number of para-hydroxylation sites is 1. The van der Waals surface area contributed by atoms with Crippen LogP contribution in [0.4, 0.5) is 5.69 Å². The van der Waals surface area contributed by atoms with Crippen LogP contribution in [0.5, 0.6) is 0 Å². The first-order valence-corrected chi connectivity index (χ1v) is 10.2. The highest BCUT2D eigenvalue weighted by molar-refractivity contribution is 7.99. The second kappa shape index (κ2) is 9.88. The Balaban J connectivity index is 1.65. The lowest BCUT2D eigenvalue weighted by atomic mass is 10.2. The van der Waals surface area contributed by atoms with Crippen molar-refractivity contribution >= 4 is 29.3 Å². The fourth-order valence-corrected chi connectivity index (χ4v) is 3.50. The van der Waals surface area contributed by atoms with E-state index in [1.165, 1.54) is 11.8 Å². The fourth-order valence-electron chi connectivity index (χ4n) is 2.71. The Hall–Kier alpha value is -3.13. The molecule has 1 aromatic heterocycles. The third-order valence-electron chi connectivity index (χ3n) is 4.11. The van der Waals surface area contributed by atoms with Gasteiger partial charge in [0.1, 0.15) is 5.82 Å². The molecule has 1 amide bonds. The van der Waals surface area contributed by atoms with E-state index in [4.69, 9.17) is 4.74 Å². The van der Waals surface area contributed by atoms with Crippen molar-refractivity contribution in [3.05, 3.63) is 71.5 Å². The number of aryl methyl sites for hydroxylation is 1. The van der Waals surface area contributed by atoms with Crippen LogP contribution in [0.3, 0.4) is 0 Å². The SMILES string of the molecule is CCOC(=O)c1ccccc1NC(=O)CSc1nnc(C)n1Cc1ccccc1. The van der Waals surface area contributed by atoms with Crippen molar-refractivity contribution < 1.29 is 14.3 Å². The standard InChI is InChI=1S/C21H22N4O3S/c1-3-28-20(27)17-11-7-8-12-18(17)22-19(26)14-29-21-24-23-15(2)25(21)13-16-9-5-4-6-10-16/h4-12H,3,13-14H2,1-2H3,(H,22,26). The van der Waals surface area contributed by atoms with E-state index in [0.717, 1.165) is 11.4 Å². The molecule has 1 heterocycles. The summed E-state index contributed by atoms with van der Waals surface area (Å²) in [6.45, 7) is 4.53. The van der Waals surface area contributed by atoms with Gasteiger partial charge in [-0.15, -0.1) is 10.2 Å². The summed E-state index contributed by atoms with van der Waals surface area (Å²) in [5, 5.41) is 11.8. The molecule has 0 saturated carbocycles. The Morgan fingerprint density at radius 1 is 1.07 bits per heavy atom. The second-order valence-electron chi connectivity index (χ2n) is 6.20. The van der Waals surface area contributed by atoms with Crippen molar-refractivity contribution in [2.24, 2.45) is 0 Å². The Bertz CT molecular complexity index is 989. The van der Waals surface area contributed by atoms with Gasteiger partial charge in [0.2, 0.25) is 5.91 Å². The molecule has 3 rings (SSSR count). The van der Waals surface area contributed by atoms with Gasteiger partial charge < -0.3 is 14.6 Å². The summed E-state index contributed by atoms with van der Waals surface area (Å²) in [4.78, 5) is 24.5. The normalized spacial score (nSPS) is 10.6. The zero-order valence-electron chi connectivity index (χ0n) is 16.3. The number of carbonyl (C=O) groups is 2. The number of anilines is 1. The predicted molar refractivity (Wildman–Crippen MR) is 112 cm³/mol. The zero-order valence-corrected chi connectivity index (χ0v) is 17.1. The van der Waals surface area contributed by atoms with Gasteiger partial charge in [-0.3, -0.25) is 4.79 Å². The molecule has 0 aliphatic heterocycles. The molecule has 3 aromatic rings. The number of amides is 1. The Kier molecular flexibility index (Phi) is 7.02. The molecule has 1 N–H and O–H groups in total. The molecular formula is C21H22N4O3S.